The van der Waals surface area contributed by atoms with Crippen molar-refractivity contribution in [2.75, 3.05) is 12.3 Å². The zero-order chi connectivity index (χ0) is 18.5. The first kappa shape index (κ1) is 18.6. The largest absolute Gasteiger partial charge is 0.387 e. The fourth-order valence-corrected chi connectivity index (χ4v) is 6.66. The summed E-state index contributed by atoms with van der Waals surface area (Å²) in [5, 5.41) is 10.2. The van der Waals surface area contributed by atoms with Crippen LogP contribution < -0.4 is 4.72 Å². The molecule has 2 bridgehead atoms. The molecule has 1 aromatic heterocycles. The minimum absolute atomic E-state index is 0.1000. The molecule has 1 heterocycles. The predicted molar refractivity (Wildman–Crippen MR) is 95.3 cm³/mol. The number of hydrogen-bond donors (Lipinski definition) is 2. The van der Waals surface area contributed by atoms with E-state index in [1.807, 2.05) is 43.8 Å². The Bertz CT molecular complexity index is 768. The van der Waals surface area contributed by atoms with Gasteiger partial charge in [0.05, 0.1) is 11.9 Å². The van der Waals surface area contributed by atoms with Gasteiger partial charge in [0, 0.05) is 37.3 Å². The number of aliphatic hydroxyl groups excluding tert-OH is 1. The number of ketones is 1. The first-order valence-electron chi connectivity index (χ1n) is 8.89. The Morgan fingerprint density at radius 2 is 2.16 bits per heavy atom. The summed E-state index contributed by atoms with van der Waals surface area (Å²) in [7, 11) is -1.74. The first-order chi connectivity index (χ1) is 11.6. The molecule has 2 aliphatic carbocycles. The highest BCUT2D eigenvalue weighted by Gasteiger charge is 2.65. The molecule has 3 atom stereocenters. The van der Waals surface area contributed by atoms with Crippen molar-refractivity contribution in [2.45, 2.75) is 45.6 Å². The van der Waals surface area contributed by atoms with Gasteiger partial charge in [-0.2, -0.15) is 0 Å². The van der Waals surface area contributed by atoms with Gasteiger partial charge in [-0.15, -0.1) is 0 Å². The highest BCUT2D eigenvalue weighted by Crippen LogP contribution is 2.64. The lowest BCUT2D eigenvalue weighted by atomic mass is 9.70. The fourth-order valence-electron chi connectivity index (χ4n) is 4.80. The topological polar surface area (TPSA) is 88.4 Å². The monoisotopic (exact) mass is 368 g/mol. The van der Waals surface area contributed by atoms with E-state index in [2.05, 4.69) is 4.72 Å². The number of rotatable bonds is 7. The van der Waals surface area contributed by atoms with Crippen LogP contribution in [0.3, 0.4) is 0 Å². The van der Waals surface area contributed by atoms with Crippen molar-refractivity contribution in [2.24, 2.45) is 23.8 Å². The van der Waals surface area contributed by atoms with Gasteiger partial charge in [0.2, 0.25) is 10.0 Å². The minimum atomic E-state index is -3.58. The molecular weight excluding hydrogens is 340 g/mol. The van der Waals surface area contributed by atoms with E-state index in [-0.39, 0.29) is 23.5 Å². The summed E-state index contributed by atoms with van der Waals surface area (Å²) in [6, 6.07) is 3.66. The van der Waals surface area contributed by atoms with Gasteiger partial charge in [0.25, 0.3) is 0 Å². The molecule has 7 heteroatoms. The second-order valence-corrected chi connectivity index (χ2v) is 9.98. The smallest absolute Gasteiger partial charge is 0.212 e. The van der Waals surface area contributed by atoms with Crippen LogP contribution in [0.25, 0.3) is 0 Å². The molecule has 6 nitrogen and oxygen atoms in total. The quantitative estimate of drug-likeness (QED) is 0.768. The number of aliphatic hydroxyl groups is 1. The normalized spacial score (nSPS) is 29.3. The lowest BCUT2D eigenvalue weighted by molar-refractivity contribution is -0.128. The molecule has 3 unspecified atom stereocenters. The molecule has 0 spiro atoms. The van der Waals surface area contributed by atoms with Crippen molar-refractivity contribution in [3.63, 3.8) is 0 Å². The Morgan fingerprint density at radius 1 is 1.44 bits per heavy atom. The van der Waals surface area contributed by atoms with Crippen LogP contribution in [0.1, 0.15) is 51.3 Å². The number of sulfonamides is 1. The van der Waals surface area contributed by atoms with Crippen molar-refractivity contribution in [3.8, 4) is 0 Å². The molecule has 0 saturated heterocycles. The van der Waals surface area contributed by atoms with E-state index in [0.717, 1.165) is 12.1 Å². The number of fused-ring (bicyclic) bond motifs is 2. The van der Waals surface area contributed by atoms with Crippen LogP contribution in [-0.2, 0) is 21.9 Å². The molecular formula is C18H28N2O4S. The Balaban J connectivity index is 1.61. The van der Waals surface area contributed by atoms with Crippen LogP contribution in [-0.4, -0.2) is 36.2 Å². The summed E-state index contributed by atoms with van der Waals surface area (Å²) < 4.78 is 29.6. The SMILES string of the molecule is Cn1cccc1C(O)CCNS(=O)(=O)CC12CCC(CC1=O)C2(C)C. The second-order valence-electron chi connectivity index (χ2n) is 8.17. The van der Waals surface area contributed by atoms with Gasteiger partial charge in [0.1, 0.15) is 5.78 Å². The summed E-state index contributed by atoms with van der Waals surface area (Å²) >= 11 is 0. The average molecular weight is 368 g/mol. The molecule has 2 fully saturated rings. The minimum Gasteiger partial charge on any atom is -0.387 e. The van der Waals surface area contributed by atoms with Gasteiger partial charge in [-0.1, -0.05) is 13.8 Å². The summed E-state index contributed by atoms with van der Waals surface area (Å²) in [6.45, 7) is 4.22. The molecule has 2 aliphatic rings. The number of hydrogen-bond acceptors (Lipinski definition) is 4. The lowest BCUT2D eigenvalue weighted by Crippen LogP contribution is -2.45. The van der Waals surface area contributed by atoms with Gasteiger partial charge >= 0.3 is 0 Å². The number of Topliss-reactive ketones (excluding diaryl/α,β-unsaturated/α-hetero) is 1. The molecule has 0 radical (unpaired) electrons. The van der Waals surface area contributed by atoms with E-state index >= 15 is 0 Å². The highest BCUT2D eigenvalue weighted by atomic mass is 32.2. The molecule has 25 heavy (non-hydrogen) atoms. The third kappa shape index (κ3) is 3.06. The summed E-state index contributed by atoms with van der Waals surface area (Å²) in [5.74, 6) is 0.264. The fraction of sp³-hybridized carbons (Fsp3) is 0.722. The number of carbonyl (C=O) groups excluding carboxylic acids is 1. The summed E-state index contributed by atoms with van der Waals surface area (Å²) in [6.07, 6.45) is 3.52. The molecule has 0 amide bonds. The highest BCUT2D eigenvalue weighted by molar-refractivity contribution is 7.89. The Labute approximate surface area is 149 Å². The Morgan fingerprint density at radius 3 is 2.68 bits per heavy atom. The molecule has 3 rings (SSSR count). The maximum Gasteiger partial charge on any atom is 0.212 e. The summed E-state index contributed by atoms with van der Waals surface area (Å²) in [5.41, 5.74) is -0.259. The maximum atomic E-state index is 12.6. The molecule has 1 aromatic rings. The van der Waals surface area contributed by atoms with Gasteiger partial charge < -0.3 is 9.67 Å². The van der Waals surface area contributed by atoms with Crippen LogP contribution in [0, 0.1) is 16.7 Å². The number of nitrogens with zero attached hydrogens (tertiary/aromatic N) is 1. The molecule has 0 aliphatic heterocycles. The number of carbonyl (C=O) groups is 1. The number of aromatic nitrogens is 1. The van der Waals surface area contributed by atoms with Crippen molar-refractivity contribution in [1.82, 2.24) is 9.29 Å². The third-order valence-corrected chi connectivity index (χ3v) is 8.16. The van der Waals surface area contributed by atoms with Crippen molar-refractivity contribution >= 4 is 15.8 Å². The number of nitrogens with one attached hydrogen (secondary N) is 1. The van der Waals surface area contributed by atoms with Crippen molar-refractivity contribution < 1.29 is 18.3 Å². The lowest BCUT2D eigenvalue weighted by Gasteiger charge is -2.36. The van der Waals surface area contributed by atoms with Crippen LogP contribution in [0.4, 0.5) is 0 Å². The average Bonchev–Trinajstić information content (AvgIpc) is 3.08. The Hall–Kier alpha value is -1.18. The third-order valence-electron chi connectivity index (χ3n) is 6.64. The van der Waals surface area contributed by atoms with Gasteiger partial charge in [-0.25, -0.2) is 13.1 Å². The summed E-state index contributed by atoms with van der Waals surface area (Å²) in [4.78, 5) is 12.5. The second kappa shape index (κ2) is 6.21. The predicted octanol–water partition coefficient (Wildman–Crippen LogP) is 1.76. The van der Waals surface area contributed by atoms with Crippen molar-refractivity contribution in [3.05, 3.63) is 24.0 Å². The van der Waals surface area contributed by atoms with Gasteiger partial charge in [-0.3, -0.25) is 4.79 Å². The molecule has 0 aromatic carbocycles. The van der Waals surface area contributed by atoms with E-state index in [1.165, 1.54) is 0 Å². The standard InChI is InChI=1S/C18H28N2O4S/c1-17(2)13-6-8-18(17,16(22)11-13)12-25(23,24)19-9-7-15(21)14-5-4-10-20(14)3/h4-5,10,13,15,19,21H,6-9,11-12H2,1-3H3. The molecule has 2 N–H and O–H groups in total. The van der Waals surface area contributed by atoms with E-state index in [1.54, 1.807) is 0 Å². The zero-order valence-electron chi connectivity index (χ0n) is 15.2. The Kier molecular flexibility index (Phi) is 4.62. The van der Waals surface area contributed by atoms with Gasteiger partial charge in [0.15, 0.2) is 0 Å². The van der Waals surface area contributed by atoms with Crippen LogP contribution in [0.15, 0.2) is 18.3 Å². The zero-order valence-corrected chi connectivity index (χ0v) is 16.0. The first-order valence-corrected chi connectivity index (χ1v) is 10.5. The molecule has 140 valence electrons. The van der Waals surface area contributed by atoms with Gasteiger partial charge in [-0.05, 0) is 42.7 Å². The van der Waals surface area contributed by atoms with E-state index in [9.17, 15) is 18.3 Å². The van der Waals surface area contributed by atoms with Crippen LogP contribution in [0.2, 0.25) is 0 Å². The van der Waals surface area contributed by atoms with Crippen LogP contribution >= 0.6 is 0 Å². The van der Waals surface area contributed by atoms with E-state index < -0.39 is 21.5 Å². The van der Waals surface area contributed by atoms with E-state index in [4.69, 9.17) is 0 Å². The maximum absolute atomic E-state index is 12.6. The van der Waals surface area contributed by atoms with Crippen molar-refractivity contribution in [1.29, 1.82) is 0 Å². The molecule has 2 saturated carbocycles. The van der Waals surface area contributed by atoms with E-state index in [0.29, 0.717) is 25.2 Å². The number of aryl methyl sites for hydroxylation is 1. The van der Waals surface area contributed by atoms with Crippen LogP contribution in [0.5, 0.6) is 0 Å².